The summed E-state index contributed by atoms with van der Waals surface area (Å²) in [6.07, 6.45) is 0.605. The molecule has 4 nitrogen and oxygen atoms in total. The van der Waals surface area contributed by atoms with Crippen molar-refractivity contribution in [2.45, 2.75) is 19.3 Å². The van der Waals surface area contributed by atoms with Crippen molar-refractivity contribution in [2.75, 3.05) is 0 Å². The molecule has 0 aliphatic rings. The molecule has 1 atom stereocenters. The lowest BCUT2D eigenvalue weighted by molar-refractivity contribution is -0.384. The zero-order chi connectivity index (χ0) is 14.5. The van der Waals surface area contributed by atoms with Crippen molar-refractivity contribution in [3.63, 3.8) is 0 Å². The van der Waals surface area contributed by atoms with Crippen molar-refractivity contribution in [3.05, 3.63) is 75.8 Å². The highest BCUT2D eigenvalue weighted by Crippen LogP contribution is 2.24. The molecule has 0 N–H and O–H groups in total. The minimum atomic E-state index is -0.441. The maximum Gasteiger partial charge on any atom is 0.269 e. The van der Waals surface area contributed by atoms with E-state index in [1.165, 1.54) is 12.1 Å². The van der Waals surface area contributed by atoms with Gasteiger partial charge in [0.2, 0.25) is 0 Å². The van der Waals surface area contributed by atoms with E-state index in [-0.39, 0.29) is 17.4 Å². The second kappa shape index (κ2) is 6.10. The number of nitrogens with zero attached hydrogens (tertiary/aromatic N) is 1. The van der Waals surface area contributed by atoms with Crippen LogP contribution in [0.25, 0.3) is 0 Å². The zero-order valence-corrected chi connectivity index (χ0v) is 11.2. The number of carbonyl (C=O) groups is 1. The van der Waals surface area contributed by atoms with E-state index in [0.717, 1.165) is 11.1 Å². The van der Waals surface area contributed by atoms with E-state index in [9.17, 15) is 14.9 Å². The number of hydrogen-bond acceptors (Lipinski definition) is 3. The fourth-order valence-corrected chi connectivity index (χ4v) is 2.17. The highest BCUT2D eigenvalue weighted by atomic mass is 16.6. The summed E-state index contributed by atoms with van der Waals surface area (Å²) in [5, 5.41) is 10.6. The van der Waals surface area contributed by atoms with Gasteiger partial charge in [0, 0.05) is 18.1 Å². The van der Waals surface area contributed by atoms with Crippen molar-refractivity contribution in [2.24, 2.45) is 0 Å². The van der Waals surface area contributed by atoms with E-state index in [4.69, 9.17) is 0 Å². The lowest BCUT2D eigenvalue weighted by Gasteiger charge is -2.14. The highest BCUT2D eigenvalue weighted by Gasteiger charge is 2.18. The van der Waals surface area contributed by atoms with E-state index in [1.807, 2.05) is 30.3 Å². The van der Waals surface area contributed by atoms with Crippen molar-refractivity contribution >= 4 is 11.5 Å². The monoisotopic (exact) mass is 269 g/mol. The molecule has 0 heterocycles. The van der Waals surface area contributed by atoms with Gasteiger partial charge in [-0.3, -0.25) is 14.9 Å². The average molecular weight is 269 g/mol. The molecule has 102 valence electrons. The molecule has 20 heavy (non-hydrogen) atoms. The largest absolute Gasteiger partial charge is 0.299 e. The molecule has 0 amide bonds. The maximum atomic E-state index is 11.8. The van der Waals surface area contributed by atoms with Gasteiger partial charge in [0.15, 0.2) is 0 Å². The molecule has 0 fully saturated rings. The first-order chi connectivity index (χ1) is 9.58. The highest BCUT2D eigenvalue weighted by molar-refractivity contribution is 5.83. The van der Waals surface area contributed by atoms with E-state index in [2.05, 4.69) is 0 Å². The smallest absolute Gasteiger partial charge is 0.269 e. The summed E-state index contributed by atoms with van der Waals surface area (Å²) in [6.45, 7) is 1.55. The molecular weight excluding hydrogens is 254 g/mol. The summed E-state index contributed by atoms with van der Waals surface area (Å²) < 4.78 is 0. The van der Waals surface area contributed by atoms with Crippen LogP contribution in [0.1, 0.15) is 24.0 Å². The van der Waals surface area contributed by atoms with E-state index < -0.39 is 4.92 Å². The van der Waals surface area contributed by atoms with Crippen LogP contribution in [0.3, 0.4) is 0 Å². The molecule has 0 spiro atoms. The van der Waals surface area contributed by atoms with Crippen LogP contribution in [0.2, 0.25) is 0 Å². The van der Waals surface area contributed by atoms with Crippen LogP contribution in [-0.2, 0) is 11.2 Å². The van der Waals surface area contributed by atoms with Gasteiger partial charge in [0.1, 0.15) is 5.78 Å². The maximum absolute atomic E-state index is 11.8. The first-order valence-corrected chi connectivity index (χ1v) is 6.36. The number of benzene rings is 2. The van der Waals surface area contributed by atoms with Crippen LogP contribution in [0.4, 0.5) is 5.69 Å². The van der Waals surface area contributed by atoms with Crippen LogP contribution < -0.4 is 0 Å². The van der Waals surface area contributed by atoms with Crippen LogP contribution >= 0.6 is 0 Å². The Bertz CT molecular complexity index is 605. The third-order valence-corrected chi connectivity index (χ3v) is 3.28. The Labute approximate surface area is 117 Å². The van der Waals surface area contributed by atoms with Crippen molar-refractivity contribution in [1.29, 1.82) is 0 Å². The quantitative estimate of drug-likeness (QED) is 0.616. The summed E-state index contributed by atoms with van der Waals surface area (Å²) in [6, 6.07) is 15.9. The number of nitro benzene ring substituents is 1. The lowest BCUT2D eigenvalue weighted by Crippen LogP contribution is -2.12. The van der Waals surface area contributed by atoms with Gasteiger partial charge in [-0.1, -0.05) is 42.5 Å². The van der Waals surface area contributed by atoms with Gasteiger partial charge in [-0.15, -0.1) is 0 Å². The van der Waals surface area contributed by atoms with E-state index in [1.54, 1.807) is 19.1 Å². The van der Waals surface area contributed by atoms with Gasteiger partial charge in [-0.05, 0) is 24.5 Å². The molecular formula is C16H15NO3. The minimum Gasteiger partial charge on any atom is -0.299 e. The summed E-state index contributed by atoms with van der Waals surface area (Å²) in [5.41, 5.74) is 1.92. The second-order valence-corrected chi connectivity index (χ2v) is 4.70. The molecule has 2 aromatic rings. The first kappa shape index (κ1) is 13.9. The third kappa shape index (κ3) is 3.29. The Kier molecular flexibility index (Phi) is 4.25. The van der Waals surface area contributed by atoms with Crippen molar-refractivity contribution in [3.8, 4) is 0 Å². The standard InChI is InChI=1S/C16H15NO3/c1-12(18)16(11-13-5-3-2-4-6-13)14-7-9-15(10-8-14)17(19)20/h2-10,16H,11H2,1H3. The molecule has 0 saturated carbocycles. The molecule has 0 radical (unpaired) electrons. The van der Waals surface area contributed by atoms with E-state index >= 15 is 0 Å². The molecule has 1 unspecified atom stereocenters. The summed E-state index contributed by atoms with van der Waals surface area (Å²) >= 11 is 0. The normalized spacial score (nSPS) is 11.8. The Morgan fingerprint density at radius 1 is 1.10 bits per heavy atom. The van der Waals surface area contributed by atoms with Crippen LogP contribution in [-0.4, -0.2) is 10.7 Å². The van der Waals surface area contributed by atoms with Gasteiger partial charge >= 0.3 is 0 Å². The predicted molar refractivity (Wildman–Crippen MR) is 76.7 cm³/mol. The zero-order valence-electron chi connectivity index (χ0n) is 11.2. The molecule has 0 saturated heterocycles. The second-order valence-electron chi connectivity index (χ2n) is 4.70. The molecule has 0 aromatic heterocycles. The Morgan fingerprint density at radius 3 is 2.20 bits per heavy atom. The van der Waals surface area contributed by atoms with Gasteiger partial charge in [-0.2, -0.15) is 0 Å². The first-order valence-electron chi connectivity index (χ1n) is 6.36. The Hall–Kier alpha value is -2.49. The molecule has 0 aliphatic heterocycles. The van der Waals surface area contributed by atoms with Crippen LogP contribution in [0, 0.1) is 10.1 Å². The minimum absolute atomic E-state index is 0.0377. The summed E-state index contributed by atoms with van der Waals surface area (Å²) in [4.78, 5) is 22.0. The Morgan fingerprint density at radius 2 is 1.70 bits per heavy atom. The van der Waals surface area contributed by atoms with Crippen LogP contribution in [0.15, 0.2) is 54.6 Å². The number of ketones is 1. The van der Waals surface area contributed by atoms with Gasteiger partial charge in [0.05, 0.1) is 4.92 Å². The molecule has 2 aromatic carbocycles. The number of carbonyl (C=O) groups excluding carboxylic acids is 1. The summed E-state index contributed by atoms with van der Waals surface area (Å²) in [5.74, 6) is -0.207. The molecule has 0 aliphatic carbocycles. The average Bonchev–Trinajstić information content (AvgIpc) is 2.45. The van der Waals surface area contributed by atoms with Crippen molar-refractivity contribution < 1.29 is 9.72 Å². The third-order valence-electron chi connectivity index (χ3n) is 3.28. The van der Waals surface area contributed by atoms with Gasteiger partial charge in [0.25, 0.3) is 5.69 Å². The number of nitro groups is 1. The van der Waals surface area contributed by atoms with Gasteiger partial charge < -0.3 is 0 Å². The van der Waals surface area contributed by atoms with Crippen molar-refractivity contribution in [1.82, 2.24) is 0 Å². The fourth-order valence-electron chi connectivity index (χ4n) is 2.17. The number of non-ortho nitro benzene ring substituents is 1. The number of Topliss-reactive ketones (excluding diaryl/α,β-unsaturated/α-hetero) is 1. The Balaban J connectivity index is 2.25. The molecule has 2 rings (SSSR count). The molecule has 4 heteroatoms. The topological polar surface area (TPSA) is 60.2 Å². The molecule has 0 bridgehead atoms. The SMILES string of the molecule is CC(=O)C(Cc1ccccc1)c1ccc([N+](=O)[O-])cc1. The lowest BCUT2D eigenvalue weighted by atomic mass is 9.89. The van der Waals surface area contributed by atoms with Gasteiger partial charge in [-0.25, -0.2) is 0 Å². The number of rotatable bonds is 5. The summed E-state index contributed by atoms with van der Waals surface area (Å²) in [7, 11) is 0. The predicted octanol–water partition coefficient (Wildman–Crippen LogP) is 3.51. The number of hydrogen-bond donors (Lipinski definition) is 0. The fraction of sp³-hybridized carbons (Fsp3) is 0.188. The van der Waals surface area contributed by atoms with E-state index in [0.29, 0.717) is 6.42 Å². The van der Waals surface area contributed by atoms with Crippen LogP contribution in [0.5, 0.6) is 0 Å².